The number of rotatable bonds is 4. The molecule has 1 aromatic carbocycles. The average molecular weight is 255 g/mol. The molecule has 2 unspecified atom stereocenters. The molecule has 1 heterocycles. The van der Waals surface area contributed by atoms with Gasteiger partial charge < -0.3 is 10.5 Å². The summed E-state index contributed by atoms with van der Waals surface area (Å²) in [4.78, 5) is 0. The molecule has 0 amide bonds. The number of nitrogens with two attached hydrogens (primary N) is 1. The highest BCUT2D eigenvalue weighted by molar-refractivity contribution is 7.99. The molecule has 2 N–H and O–H groups in total. The lowest BCUT2D eigenvalue weighted by atomic mass is 10.1. The standard InChI is InChI=1S/C13H18FNOS/c1-9-13(4-5-16-9)17-8-11-6-10(7-15)2-3-12(11)14/h2-3,6,9,13H,4-5,7-8,15H2,1H3. The van der Waals surface area contributed by atoms with E-state index in [1.165, 1.54) is 6.07 Å². The van der Waals surface area contributed by atoms with Gasteiger partial charge in [0.2, 0.25) is 0 Å². The van der Waals surface area contributed by atoms with E-state index in [4.69, 9.17) is 10.5 Å². The van der Waals surface area contributed by atoms with Crippen LogP contribution in [0.2, 0.25) is 0 Å². The Hall–Kier alpha value is -0.580. The molecule has 2 rings (SSSR count). The molecular formula is C13H18FNOS. The van der Waals surface area contributed by atoms with Crippen LogP contribution in [0.4, 0.5) is 4.39 Å². The topological polar surface area (TPSA) is 35.2 Å². The van der Waals surface area contributed by atoms with Crippen LogP contribution in [0.15, 0.2) is 18.2 Å². The van der Waals surface area contributed by atoms with Crippen LogP contribution in [0, 0.1) is 5.82 Å². The summed E-state index contributed by atoms with van der Waals surface area (Å²) in [6, 6.07) is 5.11. The highest BCUT2D eigenvalue weighted by atomic mass is 32.2. The zero-order valence-electron chi connectivity index (χ0n) is 9.99. The van der Waals surface area contributed by atoms with E-state index in [1.54, 1.807) is 17.8 Å². The Morgan fingerprint density at radius 3 is 3.00 bits per heavy atom. The smallest absolute Gasteiger partial charge is 0.127 e. The first-order valence-corrected chi connectivity index (χ1v) is 6.96. The van der Waals surface area contributed by atoms with E-state index >= 15 is 0 Å². The van der Waals surface area contributed by atoms with Crippen LogP contribution < -0.4 is 5.73 Å². The maximum atomic E-state index is 13.6. The Balaban J connectivity index is 1.98. The van der Waals surface area contributed by atoms with Crippen LogP contribution in [0.1, 0.15) is 24.5 Å². The van der Waals surface area contributed by atoms with Crippen molar-refractivity contribution in [2.75, 3.05) is 6.61 Å². The number of thioether (sulfide) groups is 1. The van der Waals surface area contributed by atoms with E-state index in [-0.39, 0.29) is 11.9 Å². The van der Waals surface area contributed by atoms with Crippen LogP contribution in [0.5, 0.6) is 0 Å². The summed E-state index contributed by atoms with van der Waals surface area (Å²) in [5, 5.41) is 0.482. The SMILES string of the molecule is CC1OCCC1SCc1cc(CN)ccc1F. The number of hydrogen-bond donors (Lipinski definition) is 1. The lowest BCUT2D eigenvalue weighted by Gasteiger charge is -2.14. The molecule has 1 aliphatic heterocycles. The molecule has 2 nitrogen and oxygen atoms in total. The minimum Gasteiger partial charge on any atom is -0.377 e. The van der Waals surface area contributed by atoms with E-state index in [0.29, 0.717) is 17.5 Å². The van der Waals surface area contributed by atoms with Gasteiger partial charge in [0.15, 0.2) is 0 Å². The number of benzene rings is 1. The van der Waals surface area contributed by atoms with Gasteiger partial charge in [-0.1, -0.05) is 12.1 Å². The van der Waals surface area contributed by atoms with E-state index in [1.807, 2.05) is 6.07 Å². The number of halogens is 1. The van der Waals surface area contributed by atoms with Gasteiger partial charge in [-0.15, -0.1) is 0 Å². The predicted molar refractivity (Wildman–Crippen MR) is 69.4 cm³/mol. The molecule has 1 fully saturated rings. The van der Waals surface area contributed by atoms with Crippen molar-refractivity contribution in [2.45, 2.75) is 37.0 Å². The normalized spacial score (nSPS) is 24.2. The quantitative estimate of drug-likeness (QED) is 0.898. The zero-order chi connectivity index (χ0) is 12.3. The largest absolute Gasteiger partial charge is 0.377 e. The van der Waals surface area contributed by atoms with Crippen molar-refractivity contribution < 1.29 is 9.13 Å². The predicted octanol–water partition coefficient (Wildman–Crippen LogP) is 2.70. The third kappa shape index (κ3) is 3.21. The fourth-order valence-corrected chi connectivity index (χ4v) is 3.22. The van der Waals surface area contributed by atoms with E-state index < -0.39 is 0 Å². The van der Waals surface area contributed by atoms with Gasteiger partial charge in [0.05, 0.1) is 6.10 Å². The van der Waals surface area contributed by atoms with Crippen molar-refractivity contribution in [3.63, 3.8) is 0 Å². The first kappa shape index (κ1) is 12.9. The average Bonchev–Trinajstić information content (AvgIpc) is 2.74. The Morgan fingerprint density at radius 1 is 1.53 bits per heavy atom. The third-order valence-corrected chi connectivity index (χ3v) is 4.63. The summed E-state index contributed by atoms with van der Waals surface area (Å²) >= 11 is 1.77. The molecule has 17 heavy (non-hydrogen) atoms. The second kappa shape index (κ2) is 5.85. The van der Waals surface area contributed by atoms with Crippen molar-refractivity contribution >= 4 is 11.8 Å². The van der Waals surface area contributed by atoms with Crippen LogP contribution in [-0.4, -0.2) is 18.0 Å². The Labute approximate surface area is 106 Å². The molecule has 0 saturated carbocycles. The van der Waals surface area contributed by atoms with Gasteiger partial charge in [0.25, 0.3) is 0 Å². The summed E-state index contributed by atoms with van der Waals surface area (Å²) in [6.45, 7) is 3.36. The van der Waals surface area contributed by atoms with Crippen molar-refractivity contribution in [2.24, 2.45) is 5.73 Å². The molecule has 0 spiro atoms. The van der Waals surface area contributed by atoms with Gasteiger partial charge in [-0.2, -0.15) is 11.8 Å². The maximum Gasteiger partial charge on any atom is 0.127 e. The summed E-state index contributed by atoms with van der Waals surface area (Å²) in [5.74, 6) is 0.555. The van der Waals surface area contributed by atoms with E-state index in [2.05, 4.69) is 6.92 Å². The minimum absolute atomic E-state index is 0.138. The lowest BCUT2D eigenvalue weighted by molar-refractivity contribution is 0.127. The number of ether oxygens (including phenoxy) is 1. The molecule has 0 bridgehead atoms. The molecule has 1 aliphatic rings. The molecule has 1 aromatic rings. The molecule has 2 atom stereocenters. The molecule has 1 saturated heterocycles. The Kier molecular flexibility index (Phi) is 4.42. The van der Waals surface area contributed by atoms with E-state index in [0.717, 1.165) is 24.2 Å². The molecule has 0 aromatic heterocycles. The highest BCUT2D eigenvalue weighted by Crippen LogP contribution is 2.29. The van der Waals surface area contributed by atoms with Crippen LogP contribution in [0.3, 0.4) is 0 Å². The van der Waals surface area contributed by atoms with Gasteiger partial charge >= 0.3 is 0 Å². The van der Waals surface area contributed by atoms with Crippen molar-refractivity contribution in [1.82, 2.24) is 0 Å². The fourth-order valence-electron chi connectivity index (χ4n) is 1.99. The first-order valence-electron chi connectivity index (χ1n) is 5.91. The van der Waals surface area contributed by atoms with E-state index in [9.17, 15) is 4.39 Å². The molecule has 0 radical (unpaired) electrons. The summed E-state index contributed by atoms with van der Waals surface area (Å²) in [6.07, 6.45) is 1.34. The maximum absolute atomic E-state index is 13.6. The van der Waals surface area contributed by atoms with Crippen molar-refractivity contribution in [3.05, 3.63) is 35.1 Å². The Bertz CT molecular complexity index is 386. The monoisotopic (exact) mass is 255 g/mol. The highest BCUT2D eigenvalue weighted by Gasteiger charge is 2.24. The lowest BCUT2D eigenvalue weighted by Crippen LogP contribution is -2.13. The van der Waals surface area contributed by atoms with Crippen molar-refractivity contribution in [1.29, 1.82) is 0 Å². The third-order valence-electron chi connectivity index (χ3n) is 3.11. The van der Waals surface area contributed by atoms with Crippen LogP contribution in [0.25, 0.3) is 0 Å². The summed E-state index contributed by atoms with van der Waals surface area (Å²) in [7, 11) is 0. The molecule has 4 heteroatoms. The van der Waals surface area contributed by atoms with Gasteiger partial charge in [-0.25, -0.2) is 4.39 Å². The van der Waals surface area contributed by atoms with Crippen LogP contribution >= 0.6 is 11.8 Å². The Morgan fingerprint density at radius 2 is 2.35 bits per heavy atom. The summed E-state index contributed by atoms with van der Waals surface area (Å²) in [5.41, 5.74) is 7.29. The molecule has 94 valence electrons. The molecular weight excluding hydrogens is 237 g/mol. The second-order valence-corrected chi connectivity index (χ2v) is 5.57. The first-order chi connectivity index (χ1) is 8.20. The van der Waals surface area contributed by atoms with Gasteiger partial charge in [-0.3, -0.25) is 0 Å². The van der Waals surface area contributed by atoms with Crippen LogP contribution in [-0.2, 0) is 17.0 Å². The number of hydrogen-bond acceptors (Lipinski definition) is 3. The van der Waals surface area contributed by atoms with Gasteiger partial charge in [0.1, 0.15) is 5.82 Å². The zero-order valence-corrected chi connectivity index (χ0v) is 10.8. The van der Waals surface area contributed by atoms with Gasteiger partial charge in [-0.05, 0) is 30.5 Å². The van der Waals surface area contributed by atoms with Crippen molar-refractivity contribution in [3.8, 4) is 0 Å². The summed E-state index contributed by atoms with van der Waals surface area (Å²) < 4.78 is 19.1. The fraction of sp³-hybridized carbons (Fsp3) is 0.538. The minimum atomic E-state index is -0.138. The molecule has 0 aliphatic carbocycles. The second-order valence-electron chi connectivity index (χ2n) is 4.34. The van der Waals surface area contributed by atoms with Gasteiger partial charge in [0, 0.05) is 24.2 Å².